The van der Waals surface area contributed by atoms with Gasteiger partial charge in [0, 0.05) is 19.3 Å². The van der Waals surface area contributed by atoms with Crippen molar-refractivity contribution in [2.45, 2.75) is 33.1 Å². The molecule has 1 fully saturated rings. The molecule has 70 valence electrons. The number of ketones is 2. The Balaban J connectivity index is 2.45. The highest BCUT2D eigenvalue weighted by molar-refractivity contribution is 5.94. The largest absolute Gasteiger partial charge is 0.300 e. The predicted molar refractivity (Wildman–Crippen MR) is 49.2 cm³/mol. The molecule has 0 aromatic rings. The lowest BCUT2D eigenvalue weighted by molar-refractivity contribution is -0.119. The molecule has 0 unspecified atom stereocenters. The molecule has 0 saturated heterocycles. The topological polar surface area (TPSA) is 34.1 Å². The van der Waals surface area contributed by atoms with Gasteiger partial charge in [-0.15, -0.1) is 0 Å². The van der Waals surface area contributed by atoms with Crippen LogP contribution in [-0.4, -0.2) is 11.6 Å². The SMILES string of the molecule is C[C@]12CC(=O)C=C[C@@]1(C)CC(=O)C2. The molecule has 2 nitrogen and oxygen atoms in total. The Kier molecular flexibility index (Phi) is 1.54. The van der Waals surface area contributed by atoms with E-state index < -0.39 is 0 Å². The van der Waals surface area contributed by atoms with Gasteiger partial charge in [0.1, 0.15) is 5.78 Å². The number of rotatable bonds is 0. The van der Waals surface area contributed by atoms with Gasteiger partial charge < -0.3 is 0 Å². The van der Waals surface area contributed by atoms with Gasteiger partial charge in [0.2, 0.25) is 0 Å². The Hall–Kier alpha value is -0.920. The second kappa shape index (κ2) is 2.31. The molecule has 0 aromatic heterocycles. The van der Waals surface area contributed by atoms with E-state index in [-0.39, 0.29) is 16.6 Å². The van der Waals surface area contributed by atoms with Gasteiger partial charge in [-0.25, -0.2) is 0 Å². The monoisotopic (exact) mass is 178 g/mol. The van der Waals surface area contributed by atoms with Gasteiger partial charge in [0.25, 0.3) is 0 Å². The third-order valence-electron chi connectivity index (χ3n) is 3.73. The smallest absolute Gasteiger partial charge is 0.155 e. The summed E-state index contributed by atoms with van der Waals surface area (Å²) in [5.41, 5.74) is -0.187. The summed E-state index contributed by atoms with van der Waals surface area (Å²) in [6, 6.07) is 0. The summed E-state index contributed by atoms with van der Waals surface area (Å²) in [7, 11) is 0. The molecular weight excluding hydrogens is 164 g/mol. The summed E-state index contributed by atoms with van der Waals surface area (Å²) in [6.07, 6.45) is 5.28. The van der Waals surface area contributed by atoms with Crippen molar-refractivity contribution in [2.24, 2.45) is 10.8 Å². The molecule has 0 radical (unpaired) electrons. The van der Waals surface area contributed by atoms with Crippen LogP contribution < -0.4 is 0 Å². The first-order valence-corrected chi connectivity index (χ1v) is 4.69. The molecule has 0 heterocycles. The minimum atomic E-state index is -0.115. The van der Waals surface area contributed by atoms with Crippen LogP contribution in [0.1, 0.15) is 33.1 Å². The van der Waals surface area contributed by atoms with Gasteiger partial charge >= 0.3 is 0 Å². The van der Waals surface area contributed by atoms with Crippen LogP contribution in [0.2, 0.25) is 0 Å². The fraction of sp³-hybridized carbons (Fsp3) is 0.636. The number of carbonyl (C=O) groups is 2. The van der Waals surface area contributed by atoms with Crippen LogP contribution in [0.25, 0.3) is 0 Å². The number of allylic oxidation sites excluding steroid dienone is 2. The molecule has 0 amide bonds. The lowest BCUT2D eigenvalue weighted by Crippen LogP contribution is -2.35. The summed E-state index contributed by atoms with van der Waals surface area (Å²) in [5.74, 6) is 0.457. The highest BCUT2D eigenvalue weighted by Crippen LogP contribution is 2.55. The van der Waals surface area contributed by atoms with E-state index in [1.54, 1.807) is 6.08 Å². The van der Waals surface area contributed by atoms with E-state index in [4.69, 9.17) is 0 Å². The van der Waals surface area contributed by atoms with Crippen LogP contribution in [-0.2, 0) is 9.59 Å². The number of carbonyl (C=O) groups excluding carboxylic acids is 2. The third kappa shape index (κ3) is 1.08. The number of Topliss-reactive ketones (excluding diaryl/α,β-unsaturated/α-hetero) is 1. The van der Waals surface area contributed by atoms with Gasteiger partial charge in [-0.3, -0.25) is 9.59 Å². The second-order valence-electron chi connectivity index (χ2n) is 4.85. The average molecular weight is 178 g/mol. The molecule has 2 rings (SSSR count). The summed E-state index contributed by atoms with van der Waals surface area (Å²) in [5, 5.41) is 0. The zero-order valence-corrected chi connectivity index (χ0v) is 8.09. The van der Waals surface area contributed by atoms with Gasteiger partial charge in [-0.2, -0.15) is 0 Å². The van der Waals surface area contributed by atoms with Crippen molar-refractivity contribution in [3.05, 3.63) is 12.2 Å². The Bertz CT molecular complexity index is 316. The van der Waals surface area contributed by atoms with Crippen LogP contribution in [0.4, 0.5) is 0 Å². The second-order valence-corrected chi connectivity index (χ2v) is 4.85. The standard InChI is InChI=1S/C11H14O2/c1-10-4-3-8(12)5-11(10,2)7-9(13)6-10/h3-4H,5-7H2,1-2H3/t10-,11+/m0/s1. The van der Waals surface area contributed by atoms with Crippen molar-refractivity contribution in [1.29, 1.82) is 0 Å². The normalized spacial score (nSPS) is 43.8. The number of hydrogen-bond donors (Lipinski definition) is 0. The van der Waals surface area contributed by atoms with E-state index in [1.165, 1.54) is 0 Å². The molecule has 0 aromatic carbocycles. The molecule has 1 saturated carbocycles. The maximum Gasteiger partial charge on any atom is 0.155 e. The van der Waals surface area contributed by atoms with Crippen molar-refractivity contribution in [1.82, 2.24) is 0 Å². The summed E-state index contributed by atoms with van der Waals surface area (Å²) < 4.78 is 0. The molecule has 2 atom stereocenters. The van der Waals surface area contributed by atoms with Gasteiger partial charge in [-0.1, -0.05) is 19.9 Å². The first-order valence-electron chi connectivity index (χ1n) is 4.69. The van der Waals surface area contributed by atoms with E-state index in [9.17, 15) is 9.59 Å². The van der Waals surface area contributed by atoms with E-state index >= 15 is 0 Å². The molecular formula is C11H14O2. The maximum atomic E-state index is 11.4. The van der Waals surface area contributed by atoms with E-state index in [0.29, 0.717) is 25.0 Å². The Morgan fingerprint density at radius 3 is 2.54 bits per heavy atom. The molecule has 2 heteroatoms. The Labute approximate surface area is 78.0 Å². The van der Waals surface area contributed by atoms with Crippen LogP contribution >= 0.6 is 0 Å². The molecule has 0 bridgehead atoms. The zero-order valence-electron chi connectivity index (χ0n) is 8.09. The van der Waals surface area contributed by atoms with E-state index in [2.05, 4.69) is 13.8 Å². The fourth-order valence-electron chi connectivity index (χ4n) is 2.57. The van der Waals surface area contributed by atoms with Crippen LogP contribution in [0.3, 0.4) is 0 Å². The van der Waals surface area contributed by atoms with Crippen molar-refractivity contribution in [3.63, 3.8) is 0 Å². The zero-order chi connectivity index (χ0) is 9.69. The van der Waals surface area contributed by atoms with Crippen LogP contribution in [0.15, 0.2) is 12.2 Å². The fourth-order valence-corrected chi connectivity index (χ4v) is 2.57. The van der Waals surface area contributed by atoms with Crippen molar-refractivity contribution in [2.75, 3.05) is 0 Å². The van der Waals surface area contributed by atoms with E-state index in [0.717, 1.165) is 0 Å². The van der Waals surface area contributed by atoms with Crippen molar-refractivity contribution < 1.29 is 9.59 Å². The molecule has 0 aliphatic heterocycles. The van der Waals surface area contributed by atoms with Crippen LogP contribution in [0, 0.1) is 10.8 Å². The van der Waals surface area contributed by atoms with Crippen molar-refractivity contribution >= 4 is 11.6 Å². The summed E-state index contributed by atoms with van der Waals surface area (Å²) in [6.45, 7) is 4.14. The highest BCUT2D eigenvalue weighted by atomic mass is 16.1. The predicted octanol–water partition coefficient (Wildman–Crippen LogP) is 1.89. The Morgan fingerprint density at radius 1 is 1.15 bits per heavy atom. The van der Waals surface area contributed by atoms with Crippen LogP contribution in [0.5, 0.6) is 0 Å². The van der Waals surface area contributed by atoms with E-state index in [1.807, 2.05) is 6.08 Å². The number of hydrogen-bond acceptors (Lipinski definition) is 2. The first kappa shape index (κ1) is 8.67. The molecule has 0 spiro atoms. The molecule has 2 aliphatic rings. The summed E-state index contributed by atoms with van der Waals surface area (Å²) in [4.78, 5) is 22.6. The quantitative estimate of drug-likeness (QED) is 0.567. The lowest BCUT2D eigenvalue weighted by Gasteiger charge is -2.40. The highest BCUT2D eigenvalue weighted by Gasteiger charge is 2.52. The maximum absolute atomic E-state index is 11.4. The third-order valence-corrected chi connectivity index (χ3v) is 3.73. The van der Waals surface area contributed by atoms with Gasteiger partial charge in [-0.05, 0) is 16.9 Å². The Morgan fingerprint density at radius 2 is 1.85 bits per heavy atom. The minimum Gasteiger partial charge on any atom is -0.300 e. The molecule has 2 aliphatic carbocycles. The number of fused-ring (bicyclic) bond motifs is 1. The van der Waals surface area contributed by atoms with Crippen molar-refractivity contribution in [3.8, 4) is 0 Å². The first-order chi connectivity index (χ1) is 5.95. The lowest BCUT2D eigenvalue weighted by atomic mass is 9.63. The molecule has 0 N–H and O–H groups in total. The average Bonchev–Trinajstić information content (AvgIpc) is 2.19. The molecule has 13 heavy (non-hydrogen) atoms. The van der Waals surface area contributed by atoms with Gasteiger partial charge in [0.05, 0.1) is 0 Å². The van der Waals surface area contributed by atoms with Gasteiger partial charge in [0.15, 0.2) is 5.78 Å². The summed E-state index contributed by atoms with van der Waals surface area (Å²) >= 11 is 0. The minimum absolute atomic E-state index is 0.0714.